The van der Waals surface area contributed by atoms with Gasteiger partial charge in [0.25, 0.3) is 0 Å². The number of fused-ring (bicyclic) bond motifs is 1. The minimum absolute atomic E-state index is 0.571. The molecule has 7 nitrogen and oxygen atoms in total. The number of benzene rings is 2. The molecule has 0 radical (unpaired) electrons. The van der Waals surface area contributed by atoms with Crippen molar-refractivity contribution in [2.45, 2.75) is 6.42 Å². The number of nitrogens with one attached hydrogen (secondary N) is 1. The number of hydrogen-bond acceptors (Lipinski definition) is 7. The molecule has 4 aromatic rings. The van der Waals surface area contributed by atoms with Gasteiger partial charge in [0, 0.05) is 49.9 Å². The van der Waals surface area contributed by atoms with Crippen LogP contribution in [-0.4, -0.2) is 58.3 Å². The Bertz CT molecular complexity index is 1220. The first-order chi connectivity index (χ1) is 15.7. The summed E-state index contributed by atoms with van der Waals surface area (Å²) in [5.41, 5.74) is 3.92. The van der Waals surface area contributed by atoms with Crippen molar-refractivity contribution in [2.75, 3.05) is 43.4 Å². The summed E-state index contributed by atoms with van der Waals surface area (Å²) in [5, 5.41) is 13.0. The molecule has 32 heavy (non-hydrogen) atoms. The second-order valence-corrected chi connectivity index (χ2v) is 8.42. The smallest absolute Gasteiger partial charge is 0.135 e. The van der Waals surface area contributed by atoms with E-state index in [1.807, 2.05) is 18.2 Å². The van der Waals surface area contributed by atoms with Gasteiger partial charge in [0.05, 0.1) is 16.9 Å². The highest BCUT2D eigenvalue weighted by atomic mass is 35.5. The zero-order valence-corrected chi connectivity index (χ0v) is 18.6. The summed E-state index contributed by atoms with van der Waals surface area (Å²) < 4.78 is 0. The van der Waals surface area contributed by atoms with E-state index in [2.05, 4.69) is 61.6 Å². The summed E-state index contributed by atoms with van der Waals surface area (Å²) in [6, 6.07) is 16.2. The van der Waals surface area contributed by atoms with Gasteiger partial charge in [-0.2, -0.15) is 5.10 Å². The molecular formula is C24H24ClN7. The SMILES string of the molecule is CN1CCN(c2ccc(Cc3nccc(Nc4cnnc5c(Cl)cccc45)n3)cc2)CC1. The zero-order valence-electron chi connectivity index (χ0n) is 17.9. The van der Waals surface area contributed by atoms with Crippen molar-refractivity contribution < 1.29 is 0 Å². The van der Waals surface area contributed by atoms with E-state index in [4.69, 9.17) is 16.6 Å². The Morgan fingerprint density at radius 2 is 1.81 bits per heavy atom. The van der Waals surface area contributed by atoms with Crippen LogP contribution in [0.2, 0.25) is 5.02 Å². The molecule has 0 saturated carbocycles. The molecule has 1 saturated heterocycles. The third kappa shape index (κ3) is 4.49. The molecule has 3 heterocycles. The highest BCUT2D eigenvalue weighted by Gasteiger charge is 2.14. The number of likely N-dealkylation sites (N-methyl/N-ethyl adjacent to an activating group) is 1. The summed E-state index contributed by atoms with van der Waals surface area (Å²) >= 11 is 6.25. The number of halogens is 1. The minimum atomic E-state index is 0.571. The first kappa shape index (κ1) is 20.6. The van der Waals surface area contributed by atoms with Gasteiger partial charge in [-0.05, 0) is 36.9 Å². The summed E-state index contributed by atoms with van der Waals surface area (Å²) in [4.78, 5) is 13.9. The van der Waals surface area contributed by atoms with Gasteiger partial charge in [-0.3, -0.25) is 0 Å². The molecule has 0 spiro atoms. The van der Waals surface area contributed by atoms with Crippen LogP contribution in [0.4, 0.5) is 17.2 Å². The van der Waals surface area contributed by atoms with E-state index in [0.29, 0.717) is 22.8 Å². The zero-order chi connectivity index (χ0) is 21.9. The molecule has 0 atom stereocenters. The van der Waals surface area contributed by atoms with E-state index in [9.17, 15) is 0 Å². The Balaban J connectivity index is 1.30. The lowest BCUT2D eigenvalue weighted by molar-refractivity contribution is 0.313. The van der Waals surface area contributed by atoms with Gasteiger partial charge in [-0.25, -0.2) is 9.97 Å². The van der Waals surface area contributed by atoms with Crippen LogP contribution in [0.1, 0.15) is 11.4 Å². The molecule has 1 N–H and O–H groups in total. The van der Waals surface area contributed by atoms with Crippen LogP contribution in [0.25, 0.3) is 10.9 Å². The lowest BCUT2D eigenvalue weighted by Crippen LogP contribution is -2.44. The molecule has 2 aromatic carbocycles. The molecule has 1 fully saturated rings. The van der Waals surface area contributed by atoms with Gasteiger partial charge in [0.1, 0.15) is 17.2 Å². The average molecular weight is 446 g/mol. The lowest BCUT2D eigenvalue weighted by atomic mass is 10.1. The Morgan fingerprint density at radius 3 is 2.62 bits per heavy atom. The molecule has 8 heteroatoms. The molecule has 1 aliphatic heterocycles. The summed E-state index contributed by atoms with van der Waals surface area (Å²) in [6.45, 7) is 4.33. The summed E-state index contributed by atoms with van der Waals surface area (Å²) in [6.07, 6.45) is 4.12. The summed E-state index contributed by atoms with van der Waals surface area (Å²) in [7, 11) is 2.17. The van der Waals surface area contributed by atoms with E-state index in [1.54, 1.807) is 18.5 Å². The van der Waals surface area contributed by atoms with Gasteiger partial charge < -0.3 is 15.1 Å². The maximum atomic E-state index is 6.25. The number of nitrogens with zero attached hydrogens (tertiary/aromatic N) is 6. The first-order valence-electron chi connectivity index (χ1n) is 10.7. The Morgan fingerprint density at radius 1 is 1.00 bits per heavy atom. The van der Waals surface area contributed by atoms with E-state index in [0.717, 1.165) is 43.1 Å². The number of anilines is 3. The van der Waals surface area contributed by atoms with Crippen molar-refractivity contribution in [1.29, 1.82) is 0 Å². The van der Waals surface area contributed by atoms with Crippen molar-refractivity contribution in [3.63, 3.8) is 0 Å². The van der Waals surface area contributed by atoms with Crippen LogP contribution in [0.5, 0.6) is 0 Å². The van der Waals surface area contributed by atoms with Crippen LogP contribution in [0.15, 0.2) is 60.9 Å². The van der Waals surface area contributed by atoms with Gasteiger partial charge in [0.15, 0.2) is 0 Å². The topological polar surface area (TPSA) is 70.1 Å². The molecule has 162 valence electrons. The highest BCUT2D eigenvalue weighted by molar-refractivity contribution is 6.35. The predicted octanol–water partition coefficient (Wildman–Crippen LogP) is 4.16. The van der Waals surface area contributed by atoms with Crippen LogP contribution in [-0.2, 0) is 6.42 Å². The van der Waals surface area contributed by atoms with Crippen molar-refractivity contribution >= 4 is 39.7 Å². The highest BCUT2D eigenvalue weighted by Crippen LogP contribution is 2.28. The Kier molecular flexibility index (Phi) is 5.83. The van der Waals surface area contributed by atoms with Crippen LogP contribution < -0.4 is 10.2 Å². The number of hydrogen-bond donors (Lipinski definition) is 1. The fourth-order valence-corrected chi connectivity index (χ4v) is 4.12. The Labute approximate surface area is 192 Å². The Hall–Kier alpha value is -3.29. The van der Waals surface area contributed by atoms with E-state index in [-0.39, 0.29) is 0 Å². The number of rotatable bonds is 5. The fraction of sp³-hybridized carbons (Fsp3) is 0.250. The van der Waals surface area contributed by atoms with Crippen molar-refractivity contribution in [1.82, 2.24) is 25.1 Å². The standard InChI is InChI=1S/C24H24ClN7/c1-31-11-13-32(14-12-31)18-7-5-17(6-8-18)15-23-26-10-9-22(29-23)28-21-16-27-30-24-19(21)3-2-4-20(24)25/h2-10,16H,11-15H2,1H3,(H,26,28,29,30). The van der Waals surface area contributed by atoms with Gasteiger partial charge >= 0.3 is 0 Å². The molecule has 2 aromatic heterocycles. The average Bonchev–Trinajstić information content (AvgIpc) is 2.81. The molecular weight excluding hydrogens is 422 g/mol. The lowest BCUT2D eigenvalue weighted by Gasteiger charge is -2.34. The third-order valence-corrected chi connectivity index (χ3v) is 6.06. The van der Waals surface area contributed by atoms with Crippen molar-refractivity contribution in [3.05, 3.63) is 77.3 Å². The molecule has 0 amide bonds. The second-order valence-electron chi connectivity index (χ2n) is 8.01. The second kappa shape index (κ2) is 9.06. The molecule has 0 unspecified atom stereocenters. The van der Waals surface area contributed by atoms with E-state index in [1.165, 1.54) is 11.3 Å². The maximum Gasteiger partial charge on any atom is 0.135 e. The van der Waals surface area contributed by atoms with E-state index < -0.39 is 0 Å². The predicted molar refractivity (Wildman–Crippen MR) is 129 cm³/mol. The minimum Gasteiger partial charge on any atom is -0.369 e. The van der Waals surface area contributed by atoms with E-state index >= 15 is 0 Å². The van der Waals surface area contributed by atoms with Crippen molar-refractivity contribution in [3.8, 4) is 0 Å². The number of aromatic nitrogens is 4. The number of piperazine rings is 1. The molecule has 5 rings (SSSR count). The largest absolute Gasteiger partial charge is 0.369 e. The normalized spacial score (nSPS) is 14.6. The summed E-state index contributed by atoms with van der Waals surface area (Å²) in [5.74, 6) is 1.46. The molecule has 0 bridgehead atoms. The monoisotopic (exact) mass is 445 g/mol. The van der Waals surface area contributed by atoms with Crippen LogP contribution in [0.3, 0.4) is 0 Å². The van der Waals surface area contributed by atoms with Crippen LogP contribution in [0, 0.1) is 0 Å². The van der Waals surface area contributed by atoms with Gasteiger partial charge in [0.2, 0.25) is 0 Å². The quantitative estimate of drug-likeness (QED) is 0.494. The molecule has 1 aliphatic rings. The van der Waals surface area contributed by atoms with Crippen LogP contribution >= 0.6 is 11.6 Å². The molecule has 0 aliphatic carbocycles. The maximum absolute atomic E-state index is 6.25. The van der Waals surface area contributed by atoms with Gasteiger partial charge in [-0.15, -0.1) is 5.10 Å². The van der Waals surface area contributed by atoms with Gasteiger partial charge in [-0.1, -0.05) is 35.9 Å². The third-order valence-electron chi connectivity index (χ3n) is 5.76. The first-order valence-corrected chi connectivity index (χ1v) is 11.0. The fourth-order valence-electron chi connectivity index (χ4n) is 3.91. The van der Waals surface area contributed by atoms with Crippen molar-refractivity contribution in [2.24, 2.45) is 0 Å².